The Morgan fingerprint density at radius 2 is 1.74 bits per heavy atom. The fraction of sp³-hybridized carbons (Fsp3) is 0.444. The van der Waals surface area contributed by atoms with Crippen LogP contribution < -0.4 is 10.3 Å². The van der Waals surface area contributed by atoms with E-state index in [2.05, 4.69) is 4.90 Å². The van der Waals surface area contributed by atoms with E-state index >= 15 is 0 Å². The highest BCUT2D eigenvalue weighted by molar-refractivity contribution is 5.81. The predicted molar refractivity (Wildman–Crippen MR) is 136 cm³/mol. The summed E-state index contributed by atoms with van der Waals surface area (Å²) in [5, 5.41) is 0.579. The van der Waals surface area contributed by atoms with Crippen molar-refractivity contribution >= 4 is 17.0 Å². The SMILES string of the molecule is CCOc1ccccc1-n1c(CN2CCN(C(=O)OC(C)(C)C)CC2)nc2c(C)cccc2c1=O. The van der Waals surface area contributed by atoms with Gasteiger partial charge in [0, 0.05) is 26.2 Å². The fourth-order valence-electron chi connectivity index (χ4n) is 4.29. The zero-order chi connectivity index (χ0) is 25.2. The summed E-state index contributed by atoms with van der Waals surface area (Å²) in [6.07, 6.45) is -0.292. The van der Waals surface area contributed by atoms with Crippen LogP contribution in [0.3, 0.4) is 0 Å². The highest BCUT2D eigenvalue weighted by Gasteiger charge is 2.27. The van der Waals surface area contributed by atoms with Crippen molar-refractivity contribution in [2.45, 2.75) is 46.8 Å². The van der Waals surface area contributed by atoms with Crippen LogP contribution in [0.1, 0.15) is 39.1 Å². The van der Waals surface area contributed by atoms with Gasteiger partial charge in [0.2, 0.25) is 0 Å². The Bertz CT molecular complexity index is 1270. The lowest BCUT2D eigenvalue weighted by Crippen LogP contribution is -2.50. The van der Waals surface area contributed by atoms with Crippen molar-refractivity contribution in [3.05, 3.63) is 64.2 Å². The van der Waals surface area contributed by atoms with Gasteiger partial charge < -0.3 is 14.4 Å². The first-order valence-corrected chi connectivity index (χ1v) is 12.1. The van der Waals surface area contributed by atoms with E-state index in [1.54, 1.807) is 9.47 Å². The van der Waals surface area contributed by atoms with Gasteiger partial charge in [0.25, 0.3) is 5.56 Å². The van der Waals surface area contributed by atoms with E-state index in [4.69, 9.17) is 14.5 Å². The minimum Gasteiger partial charge on any atom is -0.492 e. The van der Waals surface area contributed by atoms with Gasteiger partial charge in [-0.25, -0.2) is 9.78 Å². The number of carbonyl (C=O) groups excluding carboxylic acids is 1. The first kappa shape index (κ1) is 24.7. The molecule has 2 aromatic carbocycles. The van der Waals surface area contributed by atoms with Crippen LogP contribution in [0.2, 0.25) is 0 Å². The Morgan fingerprint density at radius 3 is 2.43 bits per heavy atom. The van der Waals surface area contributed by atoms with Crippen molar-refractivity contribution in [3.63, 3.8) is 0 Å². The molecule has 1 fully saturated rings. The molecule has 1 aliphatic heterocycles. The van der Waals surface area contributed by atoms with Crippen LogP contribution in [-0.2, 0) is 11.3 Å². The fourth-order valence-corrected chi connectivity index (χ4v) is 4.29. The molecule has 3 aromatic rings. The summed E-state index contributed by atoms with van der Waals surface area (Å²) in [4.78, 5) is 35.1. The molecular weight excluding hydrogens is 444 g/mol. The van der Waals surface area contributed by atoms with E-state index in [1.807, 2.05) is 77.1 Å². The molecule has 0 N–H and O–H groups in total. The Balaban J connectivity index is 1.68. The highest BCUT2D eigenvalue weighted by Crippen LogP contribution is 2.25. The number of fused-ring (bicyclic) bond motifs is 1. The molecular formula is C27H34N4O4. The molecule has 1 aromatic heterocycles. The molecule has 0 saturated carbocycles. The average Bonchev–Trinajstić information content (AvgIpc) is 2.80. The summed E-state index contributed by atoms with van der Waals surface area (Å²) in [6.45, 7) is 12.9. The van der Waals surface area contributed by atoms with E-state index in [-0.39, 0.29) is 11.7 Å². The van der Waals surface area contributed by atoms with Crippen LogP contribution in [0.25, 0.3) is 16.6 Å². The molecule has 2 heterocycles. The Kier molecular flexibility index (Phi) is 7.12. The maximum absolute atomic E-state index is 13.8. The third-order valence-corrected chi connectivity index (χ3v) is 5.97. The number of hydrogen-bond acceptors (Lipinski definition) is 6. The van der Waals surface area contributed by atoms with Crippen molar-refractivity contribution in [3.8, 4) is 11.4 Å². The molecule has 0 spiro atoms. The zero-order valence-electron chi connectivity index (χ0n) is 21.2. The van der Waals surface area contributed by atoms with Crippen molar-refractivity contribution < 1.29 is 14.3 Å². The van der Waals surface area contributed by atoms with Gasteiger partial charge in [-0.05, 0) is 58.4 Å². The maximum Gasteiger partial charge on any atom is 0.410 e. The highest BCUT2D eigenvalue weighted by atomic mass is 16.6. The molecule has 35 heavy (non-hydrogen) atoms. The Hall–Kier alpha value is -3.39. The third-order valence-electron chi connectivity index (χ3n) is 5.97. The number of aromatic nitrogens is 2. The average molecular weight is 479 g/mol. The summed E-state index contributed by atoms with van der Waals surface area (Å²) in [5.74, 6) is 1.29. The van der Waals surface area contributed by atoms with Crippen LogP contribution in [0.15, 0.2) is 47.3 Å². The van der Waals surface area contributed by atoms with Crippen LogP contribution in [0.5, 0.6) is 5.75 Å². The molecule has 186 valence electrons. The minimum atomic E-state index is -0.523. The second-order valence-electron chi connectivity index (χ2n) is 9.78. The number of para-hydroxylation sites is 3. The van der Waals surface area contributed by atoms with Crippen LogP contribution >= 0.6 is 0 Å². The molecule has 1 aliphatic rings. The second-order valence-corrected chi connectivity index (χ2v) is 9.78. The van der Waals surface area contributed by atoms with Gasteiger partial charge in [0.15, 0.2) is 0 Å². The molecule has 1 saturated heterocycles. The van der Waals surface area contributed by atoms with E-state index in [0.29, 0.717) is 67.5 Å². The topological polar surface area (TPSA) is 76.9 Å². The van der Waals surface area contributed by atoms with E-state index < -0.39 is 5.60 Å². The lowest BCUT2D eigenvalue weighted by Gasteiger charge is -2.35. The maximum atomic E-state index is 13.8. The lowest BCUT2D eigenvalue weighted by molar-refractivity contribution is 0.0136. The van der Waals surface area contributed by atoms with Gasteiger partial charge in [-0.3, -0.25) is 14.3 Å². The van der Waals surface area contributed by atoms with Gasteiger partial charge in [-0.1, -0.05) is 24.3 Å². The van der Waals surface area contributed by atoms with E-state index in [0.717, 1.165) is 5.56 Å². The number of ether oxygens (including phenoxy) is 2. The molecule has 0 atom stereocenters. The monoisotopic (exact) mass is 478 g/mol. The second kappa shape index (κ2) is 10.1. The third kappa shape index (κ3) is 5.48. The smallest absolute Gasteiger partial charge is 0.410 e. The van der Waals surface area contributed by atoms with Gasteiger partial charge in [-0.2, -0.15) is 0 Å². The zero-order valence-corrected chi connectivity index (χ0v) is 21.2. The number of hydrogen-bond donors (Lipinski definition) is 0. The Labute approximate surface area is 206 Å². The first-order chi connectivity index (χ1) is 16.7. The summed E-state index contributed by atoms with van der Waals surface area (Å²) < 4.78 is 13.0. The van der Waals surface area contributed by atoms with Crippen molar-refractivity contribution in [1.82, 2.24) is 19.4 Å². The largest absolute Gasteiger partial charge is 0.492 e. The number of aryl methyl sites for hydroxylation is 1. The van der Waals surface area contributed by atoms with E-state index in [1.165, 1.54) is 0 Å². The summed E-state index contributed by atoms with van der Waals surface area (Å²) in [5.41, 5.74) is 1.71. The first-order valence-electron chi connectivity index (χ1n) is 12.1. The molecule has 0 bridgehead atoms. The molecule has 8 nitrogen and oxygen atoms in total. The minimum absolute atomic E-state index is 0.117. The summed E-state index contributed by atoms with van der Waals surface area (Å²) in [7, 11) is 0. The number of nitrogens with zero attached hydrogens (tertiary/aromatic N) is 4. The van der Waals surface area contributed by atoms with Gasteiger partial charge in [0.05, 0.1) is 29.7 Å². The molecule has 4 rings (SSSR count). The summed E-state index contributed by atoms with van der Waals surface area (Å²) >= 11 is 0. The molecule has 0 unspecified atom stereocenters. The number of carbonyl (C=O) groups is 1. The van der Waals surface area contributed by atoms with Gasteiger partial charge in [0.1, 0.15) is 17.2 Å². The normalized spacial score (nSPS) is 14.8. The standard InChI is InChI=1S/C27H34N4O4/c1-6-34-22-13-8-7-12-21(22)31-23(28-24-19(2)10-9-11-20(24)25(31)32)18-29-14-16-30(17-15-29)26(33)35-27(3,4)5/h7-13H,6,14-18H2,1-5H3. The lowest BCUT2D eigenvalue weighted by atomic mass is 10.1. The van der Waals surface area contributed by atoms with Gasteiger partial charge >= 0.3 is 6.09 Å². The van der Waals surface area contributed by atoms with Crippen LogP contribution in [0.4, 0.5) is 4.79 Å². The summed E-state index contributed by atoms with van der Waals surface area (Å²) in [6, 6.07) is 13.2. The number of amides is 1. The van der Waals surface area contributed by atoms with Crippen LogP contribution in [-0.4, -0.2) is 63.8 Å². The molecule has 0 radical (unpaired) electrons. The number of benzene rings is 2. The number of piperazine rings is 1. The molecule has 1 amide bonds. The van der Waals surface area contributed by atoms with Crippen molar-refractivity contribution in [2.24, 2.45) is 0 Å². The Morgan fingerprint density at radius 1 is 1.03 bits per heavy atom. The van der Waals surface area contributed by atoms with Gasteiger partial charge in [-0.15, -0.1) is 0 Å². The molecule has 8 heteroatoms. The molecule has 0 aliphatic carbocycles. The quantitative estimate of drug-likeness (QED) is 0.548. The van der Waals surface area contributed by atoms with Crippen molar-refractivity contribution in [2.75, 3.05) is 32.8 Å². The van der Waals surface area contributed by atoms with Crippen molar-refractivity contribution in [1.29, 1.82) is 0 Å². The van der Waals surface area contributed by atoms with E-state index in [9.17, 15) is 9.59 Å². The predicted octanol–water partition coefficient (Wildman–Crippen LogP) is 4.15. The van der Waals surface area contributed by atoms with Crippen LogP contribution in [0, 0.1) is 6.92 Å². The number of rotatable bonds is 5.